The summed E-state index contributed by atoms with van der Waals surface area (Å²) in [5.41, 5.74) is 1.93. The Labute approximate surface area is 131 Å². The molecule has 1 aromatic carbocycles. The normalized spacial score (nSPS) is 16.5. The maximum Gasteiger partial charge on any atom is 0.265 e. The molecule has 0 radical (unpaired) electrons. The number of carbonyl (C=O) groups is 2. The summed E-state index contributed by atoms with van der Waals surface area (Å²) in [6, 6.07) is 4.92. The minimum Gasteiger partial charge on any atom is -0.479 e. The van der Waals surface area contributed by atoms with Crippen molar-refractivity contribution in [1.29, 1.82) is 0 Å². The van der Waals surface area contributed by atoms with Gasteiger partial charge in [0.2, 0.25) is 0 Å². The number of benzene rings is 1. The van der Waals surface area contributed by atoms with Crippen molar-refractivity contribution in [3.8, 4) is 5.75 Å². The van der Waals surface area contributed by atoms with Gasteiger partial charge in [-0.2, -0.15) is 0 Å². The van der Waals surface area contributed by atoms with Crippen molar-refractivity contribution in [2.24, 2.45) is 0 Å². The average Bonchev–Trinajstić information content (AvgIpc) is 2.78. The summed E-state index contributed by atoms with van der Waals surface area (Å²) in [5, 5.41) is 6.07. The topological polar surface area (TPSA) is 80.3 Å². The van der Waals surface area contributed by atoms with Crippen LogP contribution < -0.4 is 15.4 Å². The van der Waals surface area contributed by atoms with Gasteiger partial charge >= 0.3 is 0 Å². The van der Waals surface area contributed by atoms with Gasteiger partial charge in [-0.15, -0.1) is 11.3 Å². The molecule has 2 heterocycles. The number of hydrogen-bond acceptors (Lipinski definition) is 5. The quantitative estimate of drug-likeness (QED) is 0.892. The number of aryl methyl sites for hydroxylation is 2. The Morgan fingerprint density at radius 2 is 2.18 bits per heavy atom. The first kappa shape index (κ1) is 14.5. The number of rotatable bonds is 2. The van der Waals surface area contributed by atoms with Crippen molar-refractivity contribution >= 4 is 34.0 Å². The Morgan fingerprint density at radius 3 is 2.86 bits per heavy atom. The molecular formula is C15H15N3O3S. The third kappa shape index (κ3) is 2.67. The standard InChI is InChI=1S/C15H15N3O3S/c1-7-9(3)22-15(16-7)18-14(20)10-4-5-11-12(6-10)21-8(2)13(19)17-11/h4-6,8H,1-3H3,(H,17,19)(H,16,18,20). The van der Waals surface area contributed by atoms with E-state index in [0.29, 0.717) is 22.1 Å². The van der Waals surface area contributed by atoms with Crippen LogP contribution in [0.4, 0.5) is 10.8 Å². The molecule has 2 amide bonds. The van der Waals surface area contributed by atoms with Crippen LogP contribution in [0.3, 0.4) is 0 Å². The lowest BCUT2D eigenvalue weighted by Gasteiger charge is -2.23. The number of anilines is 2. The predicted octanol–water partition coefficient (Wildman–Crippen LogP) is 2.73. The van der Waals surface area contributed by atoms with Crippen molar-refractivity contribution < 1.29 is 14.3 Å². The van der Waals surface area contributed by atoms with Crippen molar-refractivity contribution in [3.05, 3.63) is 34.3 Å². The van der Waals surface area contributed by atoms with Crippen LogP contribution in [0.25, 0.3) is 0 Å². The zero-order valence-electron chi connectivity index (χ0n) is 12.4. The fourth-order valence-corrected chi connectivity index (χ4v) is 2.85. The third-order valence-electron chi connectivity index (χ3n) is 3.42. The molecule has 0 bridgehead atoms. The van der Waals surface area contributed by atoms with Gasteiger partial charge < -0.3 is 10.1 Å². The van der Waals surface area contributed by atoms with Gasteiger partial charge in [0.1, 0.15) is 5.75 Å². The largest absolute Gasteiger partial charge is 0.479 e. The molecule has 114 valence electrons. The zero-order valence-corrected chi connectivity index (χ0v) is 13.2. The number of aromatic nitrogens is 1. The molecule has 1 aliphatic heterocycles. The molecule has 0 saturated carbocycles. The van der Waals surface area contributed by atoms with Crippen molar-refractivity contribution in [3.63, 3.8) is 0 Å². The zero-order chi connectivity index (χ0) is 15.9. The van der Waals surface area contributed by atoms with Gasteiger partial charge in [-0.05, 0) is 39.0 Å². The van der Waals surface area contributed by atoms with E-state index < -0.39 is 6.10 Å². The summed E-state index contributed by atoms with van der Waals surface area (Å²) in [6.45, 7) is 5.52. The van der Waals surface area contributed by atoms with Gasteiger partial charge in [0.25, 0.3) is 11.8 Å². The van der Waals surface area contributed by atoms with E-state index >= 15 is 0 Å². The molecular weight excluding hydrogens is 302 g/mol. The van der Waals surface area contributed by atoms with Gasteiger partial charge in [0.05, 0.1) is 11.4 Å². The number of carbonyl (C=O) groups excluding carboxylic acids is 2. The van der Waals surface area contributed by atoms with Crippen LogP contribution in [0, 0.1) is 13.8 Å². The summed E-state index contributed by atoms with van der Waals surface area (Å²) < 4.78 is 5.50. The lowest BCUT2D eigenvalue weighted by molar-refractivity contribution is -0.122. The van der Waals surface area contributed by atoms with Crippen LogP contribution in [-0.4, -0.2) is 22.9 Å². The van der Waals surface area contributed by atoms with E-state index in [-0.39, 0.29) is 11.8 Å². The molecule has 22 heavy (non-hydrogen) atoms. The van der Waals surface area contributed by atoms with Gasteiger partial charge in [-0.25, -0.2) is 4.98 Å². The fourth-order valence-electron chi connectivity index (χ4n) is 2.04. The molecule has 1 atom stereocenters. The minimum absolute atomic E-state index is 0.196. The highest BCUT2D eigenvalue weighted by molar-refractivity contribution is 7.15. The number of nitrogens with one attached hydrogen (secondary N) is 2. The second-order valence-corrected chi connectivity index (χ2v) is 6.28. The molecule has 0 fully saturated rings. The first-order valence-electron chi connectivity index (χ1n) is 6.81. The highest BCUT2D eigenvalue weighted by atomic mass is 32.1. The molecule has 0 aliphatic carbocycles. The minimum atomic E-state index is -0.574. The Kier molecular flexibility index (Phi) is 3.58. The van der Waals surface area contributed by atoms with Gasteiger partial charge in [0.15, 0.2) is 11.2 Å². The van der Waals surface area contributed by atoms with Crippen LogP contribution in [0.2, 0.25) is 0 Å². The van der Waals surface area contributed by atoms with Crippen molar-refractivity contribution in [2.45, 2.75) is 26.9 Å². The Bertz CT molecular complexity index is 750. The third-order valence-corrected chi connectivity index (χ3v) is 4.41. The smallest absolute Gasteiger partial charge is 0.265 e. The van der Waals surface area contributed by atoms with Gasteiger partial charge in [0, 0.05) is 10.4 Å². The van der Waals surface area contributed by atoms with Crippen LogP contribution in [0.1, 0.15) is 27.9 Å². The predicted molar refractivity (Wildman–Crippen MR) is 84.7 cm³/mol. The number of amides is 2. The first-order chi connectivity index (χ1) is 10.4. The molecule has 7 heteroatoms. The monoisotopic (exact) mass is 317 g/mol. The van der Waals surface area contributed by atoms with E-state index in [4.69, 9.17) is 4.74 Å². The molecule has 0 saturated heterocycles. The maximum atomic E-state index is 12.3. The number of hydrogen-bond donors (Lipinski definition) is 2. The molecule has 1 aliphatic rings. The molecule has 3 rings (SSSR count). The Morgan fingerprint density at radius 1 is 1.41 bits per heavy atom. The lowest BCUT2D eigenvalue weighted by Crippen LogP contribution is -2.34. The molecule has 1 unspecified atom stereocenters. The van der Waals surface area contributed by atoms with Crippen LogP contribution in [0.15, 0.2) is 18.2 Å². The maximum absolute atomic E-state index is 12.3. The molecule has 0 spiro atoms. The molecule has 1 aromatic heterocycles. The summed E-state index contributed by atoms with van der Waals surface area (Å²) in [7, 11) is 0. The number of nitrogens with zero attached hydrogens (tertiary/aromatic N) is 1. The summed E-state index contributed by atoms with van der Waals surface area (Å²) in [6.07, 6.45) is -0.574. The van der Waals surface area contributed by atoms with Gasteiger partial charge in [-0.3, -0.25) is 14.9 Å². The first-order valence-corrected chi connectivity index (χ1v) is 7.62. The van der Waals surface area contributed by atoms with E-state index in [1.807, 2.05) is 13.8 Å². The fraction of sp³-hybridized carbons (Fsp3) is 0.267. The van der Waals surface area contributed by atoms with Crippen molar-refractivity contribution in [2.75, 3.05) is 10.6 Å². The molecule has 2 aromatic rings. The number of ether oxygens (including phenoxy) is 1. The van der Waals surface area contributed by atoms with Crippen LogP contribution in [-0.2, 0) is 4.79 Å². The molecule has 6 nitrogen and oxygen atoms in total. The van der Waals surface area contributed by atoms with Crippen molar-refractivity contribution in [1.82, 2.24) is 4.98 Å². The molecule has 2 N–H and O–H groups in total. The van der Waals surface area contributed by atoms with E-state index in [1.54, 1.807) is 25.1 Å². The summed E-state index contributed by atoms with van der Waals surface area (Å²) in [5.74, 6) is 0.0365. The van der Waals surface area contributed by atoms with E-state index in [9.17, 15) is 9.59 Å². The van der Waals surface area contributed by atoms with E-state index in [1.165, 1.54) is 11.3 Å². The summed E-state index contributed by atoms with van der Waals surface area (Å²) >= 11 is 1.44. The van der Waals surface area contributed by atoms with E-state index in [0.717, 1.165) is 10.6 Å². The Balaban J connectivity index is 1.82. The van der Waals surface area contributed by atoms with E-state index in [2.05, 4.69) is 15.6 Å². The Hall–Kier alpha value is -2.41. The highest BCUT2D eigenvalue weighted by Crippen LogP contribution is 2.31. The average molecular weight is 317 g/mol. The second-order valence-electron chi connectivity index (χ2n) is 5.08. The second kappa shape index (κ2) is 5.42. The lowest BCUT2D eigenvalue weighted by atomic mass is 10.1. The highest BCUT2D eigenvalue weighted by Gasteiger charge is 2.24. The van der Waals surface area contributed by atoms with Crippen LogP contribution >= 0.6 is 11.3 Å². The number of thiazole rings is 1. The SMILES string of the molecule is Cc1nc(NC(=O)c2ccc3c(c2)OC(C)C(=O)N3)sc1C. The summed E-state index contributed by atoms with van der Waals surface area (Å²) in [4.78, 5) is 29.2. The van der Waals surface area contributed by atoms with Crippen LogP contribution in [0.5, 0.6) is 5.75 Å². The van der Waals surface area contributed by atoms with Gasteiger partial charge in [-0.1, -0.05) is 0 Å². The number of fused-ring (bicyclic) bond motifs is 1.